The Morgan fingerprint density at radius 2 is 1.83 bits per heavy atom. The van der Waals surface area contributed by atoms with E-state index in [4.69, 9.17) is 14.4 Å². The summed E-state index contributed by atoms with van der Waals surface area (Å²) in [5.74, 6) is 2.97. The molecule has 0 saturated carbocycles. The fourth-order valence-corrected chi connectivity index (χ4v) is 4.36. The molecule has 3 heterocycles. The second kappa shape index (κ2) is 7.00. The Kier molecular flexibility index (Phi) is 4.32. The zero-order chi connectivity index (χ0) is 20.0. The first-order valence-corrected chi connectivity index (χ1v) is 10.4. The second-order valence-electron chi connectivity index (χ2n) is 6.99. The molecule has 2 aromatic carbocycles. The molecule has 0 aliphatic carbocycles. The molecule has 7 heteroatoms. The molecule has 0 amide bonds. The molecule has 29 heavy (non-hydrogen) atoms. The number of benzene rings is 2. The fourth-order valence-electron chi connectivity index (χ4n) is 3.39. The Hall–Kier alpha value is -3.19. The van der Waals surface area contributed by atoms with Gasteiger partial charge in [-0.25, -0.2) is 9.97 Å². The molecule has 0 N–H and O–H groups in total. The van der Waals surface area contributed by atoms with Crippen LogP contribution >= 0.6 is 11.8 Å². The zero-order valence-electron chi connectivity index (χ0n) is 16.4. The molecule has 0 saturated heterocycles. The van der Waals surface area contributed by atoms with Gasteiger partial charge in [-0.15, -0.1) is 10.2 Å². The maximum Gasteiger partial charge on any atom is 0.226 e. The number of aromatic nitrogens is 5. The van der Waals surface area contributed by atoms with E-state index in [9.17, 15) is 0 Å². The summed E-state index contributed by atoms with van der Waals surface area (Å²) in [5, 5.41) is 9.44. The number of para-hydroxylation sites is 2. The van der Waals surface area contributed by atoms with Crippen LogP contribution in [0.1, 0.15) is 22.8 Å². The van der Waals surface area contributed by atoms with E-state index in [1.165, 1.54) is 5.56 Å². The van der Waals surface area contributed by atoms with Gasteiger partial charge in [0.2, 0.25) is 5.89 Å². The summed E-state index contributed by atoms with van der Waals surface area (Å²) in [7, 11) is 0. The van der Waals surface area contributed by atoms with E-state index in [-0.39, 0.29) is 0 Å². The lowest BCUT2D eigenvalue weighted by Crippen LogP contribution is -1.97. The van der Waals surface area contributed by atoms with Crippen LogP contribution in [0.2, 0.25) is 0 Å². The van der Waals surface area contributed by atoms with Crippen molar-refractivity contribution in [1.29, 1.82) is 0 Å². The van der Waals surface area contributed by atoms with E-state index >= 15 is 0 Å². The number of aryl methyl sites for hydroxylation is 3. The smallest absolute Gasteiger partial charge is 0.226 e. The van der Waals surface area contributed by atoms with Gasteiger partial charge in [-0.1, -0.05) is 41.6 Å². The molecular formula is C22H19N5OS. The van der Waals surface area contributed by atoms with Crippen LogP contribution < -0.4 is 0 Å². The van der Waals surface area contributed by atoms with Gasteiger partial charge in [0.15, 0.2) is 5.65 Å². The van der Waals surface area contributed by atoms with Crippen LogP contribution in [0.25, 0.3) is 28.1 Å². The highest BCUT2D eigenvalue weighted by Crippen LogP contribution is 2.30. The van der Waals surface area contributed by atoms with Gasteiger partial charge in [-0.05, 0) is 45.0 Å². The largest absolute Gasteiger partial charge is 0.441 e. The predicted molar refractivity (Wildman–Crippen MR) is 114 cm³/mol. The summed E-state index contributed by atoms with van der Waals surface area (Å²) in [6.07, 6.45) is 0. The molecule has 0 aliphatic heterocycles. The third-order valence-electron chi connectivity index (χ3n) is 4.86. The third kappa shape index (κ3) is 3.17. The summed E-state index contributed by atoms with van der Waals surface area (Å²) in [5.41, 5.74) is 5.78. The monoisotopic (exact) mass is 401 g/mol. The van der Waals surface area contributed by atoms with Gasteiger partial charge in [0, 0.05) is 11.3 Å². The Morgan fingerprint density at radius 3 is 2.69 bits per heavy atom. The minimum Gasteiger partial charge on any atom is -0.441 e. The summed E-state index contributed by atoms with van der Waals surface area (Å²) in [4.78, 5) is 9.54. The van der Waals surface area contributed by atoms with Gasteiger partial charge < -0.3 is 4.42 Å². The lowest BCUT2D eigenvalue weighted by Gasteiger charge is -2.06. The number of hydrogen-bond acceptors (Lipinski definition) is 6. The average molecular weight is 401 g/mol. The van der Waals surface area contributed by atoms with E-state index in [2.05, 4.69) is 33.7 Å². The van der Waals surface area contributed by atoms with Crippen LogP contribution in [0.4, 0.5) is 0 Å². The Labute approximate surface area is 172 Å². The lowest BCUT2D eigenvalue weighted by molar-refractivity contribution is 0.540. The predicted octanol–water partition coefficient (Wildman–Crippen LogP) is 5.15. The zero-order valence-corrected chi connectivity index (χ0v) is 17.2. The Balaban J connectivity index is 1.49. The Morgan fingerprint density at radius 1 is 0.966 bits per heavy atom. The number of fused-ring (bicyclic) bond motifs is 3. The molecule has 0 fully saturated rings. The molecule has 0 radical (unpaired) electrons. The standard InChI is InChI=1S/C22H19N5OS/c1-13-7-6-8-16(11-13)21-23-18(14(2)28-21)12-29-22-20-26-25-15(3)27(20)19-10-5-4-9-17(19)24-22/h4-11H,12H2,1-3H3. The van der Waals surface area contributed by atoms with Crippen LogP contribution in [0.15, 0.2) is 58.0 Å². The molecule has 0 bridgehead atoms. The van der Waals surface area contributed by atoms with Crippen LogP contribution in [0, 0.1) is 20.8 Å². The number of rotatable bonds is 4. The first-order valence-electron chi connectivity index (χ1n) is 9.37. The lowest BCUT2D eigenvalue weighted by atomic mass is 10.1. The van der Waals surface area contributed by atoms with Gasteiger partial charge in [0.05, 0.1) is 16.7 Å². The Bertz CT molecular complexity index is 1350. The third-order valence-corrected chi connectivity index (χ3v) is 5.83. The first kappa shape index (κ1) is 17.9. The minimum atomic E-state index is 0.647. The highest BCUT2D eigenvalue weighted by Gasteiger charge is 2.16. The van der Waals surface area contributed by atoms with Crippen LogP contribution in [0.5, 0.6) is 0 Å². The van der Waals surface area contributed by atoms with Crippen LogP contribution in [0.3, 0.4) is 0 Å². The van der Waals surface area contributed by atoms with Crippen molar-refractivity contribution in [3.8, 4) is 11.5 Å². The summed E-state index contributed by atoms with van der Waals surface area (Å²) >= 11 is 1.60. The normalized spacial score (nSPS) is 11.6. The average Bonchev–Trinajstić information content (AvgIpc) is 3.29. The highest BCUT2D eigenvalue weighted by atomic mass is 32.2. The van der Waals surface area contributed by atoms with Crippen molar-refractivity contribution in [2.75, 3.05) is 0 Å². The van der Waals surface area contributed by atoms with E-state index in [0.29, 0.717) is 11.6 Å². The number of thioether (sulfide) groups is 1. The first-order chi connectivity index (χ1) is 14.1. The van der Waals surface area contributed by atoms with Crippen molar-refractivity contribution < 1.29 is 4.42 Å². The van der Waals surface area contributed by atoms with Crippen molar-refractivity contribution in [3.05, 3.63) is 71.4 Å². The topological polar surface area (TPSA) is 69.1 Å². The number of hydrogen-bond donors (Lipinski definition) is 0. The van der Waals surface area contributed by atoms with E-state index in [1.54, 1.807) is 11.8 Å². The van der Waals surface area contributed by atoms with Crippen molar-refractivity contribution in [2.24, 2.45) is 0 Å². The van der Waals surface area contributed by atoms with E-state index in [1.807, 2.05) is 50.2 Å². The van der Waals surface area contributed by atoms with Gasteiger partial charge in [0.25, 0.3) is 0 Å². The van der Waals surface area contributed by atoms with Crippen molar-refractivity contribution in [3.63, 3.8) is 0 Å². The highest BCUT2D eigenvalue weighted by molar-refractivity contribution is 7.98. The molecule has 3 aromatic heterocycles. The molecule has 6 nitrogen and oxygen atoms in total. The van der Waals surface area contributed by atoms with Crippen LogP contribution in [-0.4, -0.2) is 24.6 Å². The summed E-state index contributed by atoms with van der Waals surface area (Å²) in [6.45, 7) is 5.97. The second-order valence-corrected chi connectivity index (χ2v) is 7.96. The summed E-state index contributed by atoms with van der Waals surface area (Å²) < 4.78 is 7.98. The molecule has 0 unspecified atom stereocenters. The fraction of sp³-hybridized carbons (Fsp3) is 0.182. The molecule has 144 valence electrons. The van der Waals surface area contributed by atoms with Crippen LogP contribution in [-0.2, 0) is 5.75 Å². The molecule has 0 spiro atoms. The SMILES string of the molecule is Cc1cccc(-c2nc(CSc3nc4ccccc4n4c(C)nnc34)c(C)o2)c1. The van der Waals surface area contributed by atoms with Crippen molar-refractivity contribution >= 4 is 28.4 Å². The van der Waals surface area contributed by atoms with Crippen molar-refractivity contribution in [1.82, 2.24) is 24.6 Å². The molecule has 5 aromatic rings. The maximum atomic E-state index is 5.93. The molecule has 5 rings (SSSR count). The molecular weight excluding hydrogens is 382 g/mol. The number of nitrogens with zero attached hydrogens (tertiary/aromatic N) is 5. The van der Waals surface area contributed by atoms with Gasteiger partial charge in [0.1, 0.15) is 16.6 Å². The van der Waals surface area contributed by atoms with Gasteiger partial charge in [-0.2, -0.15) is 0 Å². The summed E-state index contributed by atoms with van der Waals surface area (Å²) in [6, 6.07) is 16.2. The van der Waals surface area contributed by atoms with Gasteiger partial charge in [-0.3, -0.25) is 4.40 Å². The molecule has 0 atom stereocenters. The van der Waals surface area contributed by atoms with E-state index < -0.39 is 0 Å². The maximum absolute atomic E-state index is 5.93. The quantitative estimate of drug-likeness (QED) is 0.388. The van der Waals surface area contributed by atoms with Crippen molar-refractivity contribution in [2.45, 2.75) is 31.6 Å². The molecule has 0 aliphatic rings. The number of oxazole rings is 1. The van der Waals surface area contributed by atoms with E-state index in [0.717, 1.165) is 44.5 Å². The van der Waals surface area contributed by atoms with Gasteiger partial charge >= 0.3 is 0 Å². The minimum absolute atomic E-state index is 0.647.